The standard InChI is InChI=1S/C20H19ClN2O4S2/c1-27-17-8-7-14(21)10-15(17)23-16-11-29(25,26)12-18(16)28-20(23)22-19(24)9-13-5-3-2-4-6-13/h2-8,10,16,18H,9,11-12H2,1H3/t16-,18+/m1/s1. The number of benzene rings is 2. The van der Waals surface area contributed by atoms with Gasteiger partial charge in [0.05, 0.1) is 36.8 Å². The number of anilines is 1. The Balaban J connectivity index is 1.71. The molecular formula is C20H19ClN2O4S2. The van der Waals surface area contributed by atoms with E-state index in [1.165, 1.54) is 18.9 Å². The SMILES string of the molecule is COc1ccc(Cl)cc1N1C(=NC(=O)Cc2ccccc2)S[C@H]2CS(=O)(=O)C[C@H]21. The molecule has 2 aromatic rings. The summed E-state index contributed by atoms with van der Waals surface area (Å²) in [6.07, 6.45) is 0.180. The number of carbonyl (C=O) groups excluding carboxylic acids is 1. The summed E-state index contributed by atoms with van der Waals surface area (Å²) in [7, 11) is -1.61. The Morgan fingerprint density at radius 2 is 2.00 bits per heavy atom. The van der Waals surface area contributed by atoms with E-state index in [1.54, 1.807) is 23.1 Å². The molecule has 0 N–H and O–H groups in total. The van der Waals surface area contributed by atoms with E-state index in [9.17, 15) is 13.2 Å². The molecule has 2 atom stereocenters. The van der Waals surface area contributed by atoms with Crippen LogP contribution in [0.1, 0.15) is 5.56 Å². The molecule has 0 radical (unpaired) electrons. The van der Waals surface area contributed by atoms with Crippen LogP contribution in [0.2, 0.25) is 5.02 Å². The Hall–Kier alpha value is -2.03. The first-order valence-corrected chi connectivity index (χ1v) is 12.1. The molecule has 1 amide bonds. The van der Waals surface area contributed by atoms with E-state index >= 15 is 0 Å². The lowest BCUT2D eigenvalue weighted by molar-refractivity contribution is -0.117. The number of amides is 1. The van der Waals surface area contributed by atoms with Crippen LogP contribution in [-0.4, -0.2) is 49.4 Å². The van der Waals surface area contributed by atoms with Gasteiger partial charge >= 0.3 is 0 Å². The Morgan fingerprint density at radius 3 is 2.72 bits per heavy atom. The molecule has 2 heterocycles. The topological polar surface area (TPSA) is 76.0 Å². The number of rotatable bonds is 4. The van der Waals surface area contributed by atoms with E-state index in [-0.39, 0.29) is 35.1 Å². The molecule has 2 aliphatic heterocycles. The van der Waals surface area contributed by atoms with Crippen molar-refractivity contribution >= 4 is 50.0 Å². The first-order valence-electron chi connectivity index (χ1n) is 9.01. The Morgan fingerprint density at radius 1 is 1.24 bits per heavy atom. The Labute approximate surface area is 178 Å². The van der Waals surface area contributed by atoms with Crippen molar-refractivity contribution in [3.8, 4) is 5.75 Å². The number of ether oxygens (including phenoxy) is 1. The second-order valence-electron chi connectivity index (χ2n) is 6.94. The summed E-state index contributed by atoms with van der Waals surface area (Å²) in [5.74, 6) is 0.329. The summed E-state index contributed by atoms with van der Waals surface area (Å²) in [6, 6.07) is 14.2. The molecule has 2 aromatic carbocycles. The van der Waals surface area contributed by atoms with Crippen molar-refractivity contribution in [3.63, 3.8) is 0 Å². The van der Waals surface area contributed by atoms with Gasteiger partial charge in [0.25, 0.3) is 5.91 Å². The van der Waals surface area contributed by atoms with Crippen LogP contribution in [0, 0.1) is 0 Å². The quantitative estimate of drug-likeness (QED) is 0.712. The highest BCUT2D eigenvalue weighted by atomic mass is 35.5. The van der Waals surface area contributed by atoms with Crippen molar-refractivity contribution in [1.82, 2.24) is 0 Å². The third kappa shape index (κ3) is 4.29. The van der Waals surface area contributed by atoms with Crippen LogP contribution in [0.4, 0.5) is 5.69 Å². The summed E-state index contributed by atoms with van der Waals surface area (Å²) in [4.78, 5) is 18.7. The van der Waals surface area contributed by atoms with Crippen molar-refractivity contribution in [1.29, 1.82) is 0 Å². The van der Waals surface area contributed by atoms with Crippen LogP contribution in [-0.2, 0) is 21.1 Å². The zero-order valence-electron chi connectivity index (χ0n) is 15.6. The maximum absolute atomic E-state index is 12.6. The van der Waals surface area contributed by atoms with Crippen molar-refractivity contribution in [3.05, 3.63) is 59.1 Å². The van der Waals surface area contributed by atoms with Crippen molar-refractivity contribution < 1.29 is 17.9 Å². The predicted molar refractivity (Wildman–Crippen MR) is 117 cm³/mol. The molecule has 152 valence electrons. The largest absolute Gasteiger partial charge is 0.495 e. The third-order valence-corrected chi connectivity index (χ3v) is 8.33. The number of fused-ring (bicyclic) bond motifs is 1. The number of amidine groups is 1. The van der Waals surface area contributed by atoms with Crippen LogP contribution in [0.25, 0.3) is 0 Å². The van der Waals surface area contributed by atoms with Crippen molar-refractivity contribution in [2.75, 3.05) is 23.5 Å². The number of halogens is 1. The lowest BCUT2D eigenvalue weighted by Crippen LogP contribution is -2.38. The van der Waals surface area contributed by atoms with Crippen molar-refractivity contribution in [2.45, 2.75) is 17.7 Å². The van der Waals surface area contributed by atoms with E-state index in [0.29, 0.717) is 21.6 Å². The number of carbonyl (C=O) groups is 1. The van der Waals surface area contributed by atoms with Gasteiger partial charge in [0, 0.05) is 10.3 Å². The minimum atomic E-state index is -3.15. The first-order chi connectivity index (χ1) is 13.9. The van der Waals surface area contributed by atoms with E-state index < -0.39 is 9.84 Å². The molecule has 0 saturated carbocycles. The Kier molecular flexibility index (Phi) is 5.59. The molecule has 9 heteroatoms. The van der Waals surface area contributed by atoms with Crippen LogP contribution < -0.4 is 9.64 Å². The maximum Gasteiger partial charge on any atom is 0.252 e. The number of nitrogens with zero attached hydrogens (tertiary/aromatic N) is 2. The number of aliphatic imine (C=N–C) groups is 1. The van der Waals surface area contributed by atoms with E-state index in [1.807, 2.05) is 30.3 Å². The fraction of sp³-hybridized carbons (Fsp3) is 0.300. The lowest BCUT2D eigenvalue weighted by Gasteiger charge is -2.26. The van der Waals surface area contributed by atoms with Gasteiger partial charge in [-0.05, 0) is 23.8 Å². The molecule has 4 rings (SSSR count). The predicted octanol–water partition coefficient (Wildman–Crippen LogP) is 3.19. The second-order valence-corrected chi connectivity index (χ2v) is 10.7. The molecule has 29 heavy (non-hydrogen) atoms. The number of hydrogen-bond acceptors (Lipinski definition) is 5. The summed E-state index contributed by atoms with van der Waals surface area (Å²) in [5, 5.41) is 0.786. The van der Waals surface area contributed by atoms with Gasteiger partial charge in [-0.2, -0.15) is 4.99 Å². The molecule has 0 spiro atoms. The summed E-state index contributed by atoms with van der Waals surface area (Å²) in [5.41, 5.74) is 1.49. The summed E-state index contributed by atoms with van der Waals surface area (Å²) < 4.78 is 29.9. The average molecular weight is 451 g/mol. The molecule has 0 unspecified atom stereocenters. The fourth-order valence-electron chi connectivity index (χ4n) is 3.61. The normalized spacial score (nSPS) is 23.9. The van der Waals surface area contributed by atoms with E-state index in [2.05, 4.69) is 4.99 Å². The molecule has 6 nitrogen and oxygen atoms in total. The first kappa shape index (κ1) is 20.3. The highest BCUT2D eigenvalue weighted by molar-refractivity contribution is 8.16. The molecule has 2 saturated heterocycles. The maximum atomic E-state index is 12.6. The molecule has 0 bridgehead atoms. The monoisotopic (exact) mass is 450 g/mol. The zero-order chi connectivity index (χ0) is 20.6. The number of sulfone groups is 1. The van der Waals surface area contributed by atoms with Gasteiger partial charge in [-0.1, -0.05) is 53.7 Å². The van der Waals surface area contributed by atoms with Gasteiger partial charge in [0.1, 0.15) is 5.75 Å². The summed E-state index contributed by atoms with van der Waals surface area (Å²) >= 11 is 7.53. The molecule has 2 aliphatic rings. The molecule has 0 aliphatic carbocycles. The molecule has 2 fully saturated rings. The van der Waals surface area contributed by atoms with Gasteiger partial charge in [0.15, 0.2) is 15.0 Å². The number of hydrogen-bond donors (Lipinski definition) is 0. The van der Waals surface area contributed by atoms with Crippen molar-refractivity contribution in [2.24, 2.45) is 4.99 Å². The zero-order valence-corrected chi connectivity index (χ0v) is 18.0. The van der Waals surface area contributed by atoms with Crippen LogP contribution in [0.5, 0.6) is 5.75 Å². The lowest BCUT2D eigenvalue weighted by atomic mass is 10.1. The second kappa shape index (κ2) is 8.01. The van der Waals surface area contributed by atoms with Gasteiger partial charge in [0.2, 0.25) is 0 Å². The highest BCUT2D eigenvalue weighted by Gasteiger charge is 2.50. The minimum absolute atomic E-state index is 0.00618. The van der Waals surface area contributed by atoms with E-state index in [0.717, 1.165) is 5.56 Å². The Bertz CT molecular complexity index is 1070. The average Bonchev–Trinajstić information content (AvgIpc) is 3.13. The molecule has 0 aromatic heterocycles. The summed E-state index contributed by atoms with van der Waals surface area (Å²) in [6.45, 7) is 0. The van der Waals surface area contributed by atoms with Gasteiger partial charge in [-0.15, -0.1) is 0 Å². The van der Waals surface area contributed by atoms with E-state index in [4.69, 9.17) is 16.3 Å². The van der Waals surface area contributed by atoms with Gasteiger partial charge in [-0.25, -0.2) is 8.42 Å². The smallest absolute Gasteiger partial charge is 0.252 e. The van der Waals surface area contributed by atoms with Gasteiger partial charge < -0.3 is 9.64 Å². The van der Waals surface area contributed by atoms with Crippen LogP contribution in [0.15, 0.2) is 53.5 Å². The third-order valence-electron chi connectivity index (χ3n) is 4.89. The van der Waals surface area contributed by atoms with Gasteiger partial charge in [-0.3, -0.25) is 4.79 Å². The molecular weight excluding hydrogens is 432 g/mol. The number of thioether (sulfide) groups is 1. The fourth-order valence-corrected chi connectivity index (χ4v) is 7.70. The van der Waals surface area contributed by atoms with Crippen LogP contribution in [0.3, 0.4) is 0 Å². The highest BCUT2D eigenvalue weighted by Crippen LogP contribution is 2.44. The van der Waals surface area contributed by atoms with Crippen LogP contribution >= 0.6 is 23.4 Å². The minimum Gasteiger partial charge on any atom is -0.495 e. The number of methoxy groups -OCH3 is 1.